The fourth-order valence-corrected chi connectivity index (χ4v) is 3.31. The minimum absolute atomic E-state index is 0.222. The van der Waals surface area contributed by atoms with Crippen LogP contribution in [0.3, 0.4) is 0 Å². The highest BCUT2D eigenvalue weighted by Gasteiger charge is 2.24. The van der Waals surface area contributed by atoms with Gasteiger partial charge in [0.15, 0.2) is 5.65 Å². The molecule has 0 unspecified atom stereocenters. The van der Waals surface area contributed by atoms with E-state index in [0.717, 1.165) is 0 Å². The van der Waals surface area contributed by atoms with Gasteiger partial charge in [-0.25, -0.2) is 4.98 Å². The molecule has 2 aromatic heterocycles. The molecule has 0 bridgehead atoms. The molecule has 1 amide bonds. The molecule has 7 nitrogen and oxygen atoms in total. The number of hydrogen-bond donors (Lipinski definition) is 2. The summed E-state index contributed by atoms with van der Waals surface area (Å²) in [5, 5.41) is 13.9. The zero-order chi connectivity index (χ0) is 21.3. The van der Waals surface area contributed by atoms with E-state index in [9.17, 15) is 14.7 Å². The lowest BCUT2D eigenvalue weighted by Gasteiger charge is -2.15. The number of pyridine rings is 2. The van der Waals surface area contributed by atoms with Gasteiger partial charge in [0.1, 0.15) is 17.1 Å². The summed E-state index contributed by atoms with van der Waals surface area (Å²) in [4.78, 5) is 30.5. The van der Waals surface area contributed by atoms with Crippen LogP contribution in [0.1, 0.15) is 10.4 Å². The second kappa shape index (κ2) is 7.88. The maximum Gasteiger partial charge on any atom is 0.273 e. The van der Waals surface area contributed by atoms with Gasteiger partial charge in [0.25, 0.3) is 11.5 Å². The standard InChI is InChI=1S/C22H16ClN3O4/c1-30-14-10-8-13(9-11-14)26-20-15(5-4-12-24-20)19(27)18(22(26)29)21(28)25-17-7-3-2-6-16(17)23/h2-12,27H,1H3,(H,25,28). The fourth-order valence-electron chi connectivity index (χ4n) is 3.13. The van der Waals surface area contributed by atoms with Gasteiger partial charge in [-0.1, -0.05) is 23.7 Å². The average Bonchev–Trinajstić information content (AvgIpc) is 2.76. The van der Waals surface area contributed by atoms with E-state index in [1.54, 1.807) is 60.7 Å². The lowest BCUT2D eigenvalue weighted by molar-refractivity contribution is 0.102. The van der Waals surface area contributed by atoms with Gasteiger partial charge in [-0.3, -0.25) is 14.2 Å². The molecule has 0 aliphatic heterocycles. The van der Waals surface area contributed by atoms with Crippen molar-refractivity contribution in [3.8, 4) is 17.2 Å². The number of aromatic nitrogens is 2. The maximum absolute atomic E-state index is 13.3. The summed E-state index contributed by atoms with van der Waals surface area (Å²) in [7, 11) is 1.54. The molecule has 0 aliphatic rings. The molecule has 0 radical (unpaired) electrons. The summed E-state index contributed by atoms with van der Waals surface area (Å²) in [6.45, 7) is 0. The number of ether oxygens (including phenoxy) is 1. The van der Waals surface area contributed by atoms with E-state index < -0.39 is 22.8 Å². The lowest BCUT2D eigenvalue weighted by atomic mass is 10.1. The summed E-state index contributed by atoms with van der Waals surface area (Å²) in [5.41, 5.74) is -0.111. The normalized spacial score (nSPS) is 10.7. The first-order valence-corrected chi connectivity index (χ1v) is 9.32. The lowest BCUT2D eigenvalue weighted by Crippen LogP contribution is -2.29. The van der Waals surface area contributed by atoms with Crippen LogP contribution in [0.2, 0.25) is 5.02 Å². The third-order valence-corrected chi connectivity index (χ3v) is 4.92. The smallest absolute Gasteiger partial charge is 0.273 e. The molecule has 8 heteroatoms. The van der Waals surface area contributed by atoms with Gasteiger partial charge in [-0.15, -0.1) is 0 Å². The first-order valence-electron chi connectivity index (χ1n) is 8.94. The first kappa shape index (κ1) is 19.5. The van der Waals surface area contributed by atoms with Crippen molar-refractivity contribution in [3.63, 3.8) is 0 Å². The van der Waals surface area contributed by atoms with Crippen LogP contribution in [0.15, 0.2) is 71.7 Å². The number of carbonyl (C=O) groups excluding carboxylic acids is 1. The molecule has 2 aromatic carbocycles. The molecular weight excluding hydrogens is 406 g/mol. The van der Waals surface area contributed by atoms with E-state index in [0.29, 0.717) is 22.1 Å². The van der Waals surface area contributed by atoms with E-state index >= 15 is 0 Å². The second-order valence-electron chi connectivity index (χ2n) is 6.37. The number of carbonyl (C=O) groups is 1. The van der Waals surface area contributed by atoms with Crippen LogP contribution in [0.4, 0.5) is 5.69 Å². The van der Waals surface area contributed by atoms with Gasteiger partial charge >= 0.3 is 0 Å². The number of hydrogen-bond acceptors (Lipinski definition) is 5. The monoisotopic (exact) mass is 421 g/mol. The summed E-state index contributed by atoms with van der Waals surface area (Å²) in [5.74, 6) is -0.615. The van der Waals surface area contributed by atoms with Crippen LogP contribution in [-0.2, 0) is 0 Å². The highest BCUT2D eigenvalue weighted by atomic mass is 35.5. The molecule has 0 aliphatic carbocycles. The Balaban J connectivity index is 1.93. The van der Waals surface area contributed by atoms with Crippen LogP contribution in [-0.4, -0.2) is 27.7 Å². The molecule has 0 atom stereocenters. The van der Waals surface area contributed by atoms with Crippen molar-refractivity contribution in [2.75, 3.05) is 12.4 Å². The average molecular weight is 422 g/mol. The molecule has 0 saturated carbocycles. The van der Waals surface area contributed by atoms with Crippen molar-refractivity contribution in [2.45, 2.75) is 0 Å². The fraction of sp³-hybridized carbons (Fsp3) is 0.0455. The number of fused-ring (bicyclic) bond motifs is 1. The van der Waals surface area contributed by atoms with Crippen molar-refractivity contribution in [1.29, 1.82) is 0 Å². The number of nitrogens with zero attached hydrogens (tertiary/aromatic N) is 2. The van der Waals surface area contributed by atoms with Crippen molar-refractivity contribution >= 4 is 34.2 Å². The van der Waals surface area contributed by atoms with Crippen LogP contribution >= 0.6 is 11.6 Å². The van der Waals surface area contributed by atoms with Gasteiger partial charge in [0.2, 0.25) is 0 Å². The van der Waals surface area contributed by atoms with Gasteiger partial charge < -0.3 is 15.2 Å². The molecule has 0 saturated heterocycles. The number of para-hydroxylation sites is 1. The first-order chi connectivity index (χ1) is 14.5. The number of benzene rings is 2. The van der Waals surface area contributed by atoms with Crippen LogP contribution < -0.4 is 15.6 Å². The Morgan fingerprint density at radius 3 is 2.53 bits per heavy atom. The highest BCUT2D eigenvalue weighted by Crippen LogP contribution is 2.28. The quantitative estimate of drug-likeness (QED) is 0.519. The number of halogens is 1. The van der Waals surface area contributed by atoms with E-state index in [-0.39, 0.29) is 11.0 Å². The molecular formula is C22H16ClN3O4. The molecule has 30 heavy (non-hydrogen) atoms. The number of amides is 1. The Hall–Kier alpha value is -3.84. The van der Waals surface area contributed by atoms with E-state index in [2.05, 4.69) is 10.3 Å². The Morgan fingerprint density at radius 1 is 1.10 bits per heavy atom. The summed E-state index contributed by atoms with van der Waals surface area (Å²) < 4.78 is 6.44. The van der Waals surface area contributed by atoms with Crippen molar-refractivity contribution in [1.82, 2.24) is 9.55 Å². The summed E-state index contributed by atoms with van der Waals surface area (Å²) >= 11 is 6.10. The number of anilines is 1. The Morgan fingerprint density at radius 2 is 1.83 bits per heavy atom. The number of aromatic hydroxyl groups is 1. The van der Waals surface area contributed by atoms with Gasteiger partial charge in [0, 0.05) is 6.20 Å². The van der Waals surface area contributed by atoms with Crippen LogP contribution in [0, 0.1) is 0 Å². The minimum atomic E-state index is -0.779. The molecule has 0 fully saturated rings. The molecule has 0 spiro atoms. The van der Waals surface area contributed by atoms with Crippen LogP contribution in [0.25, 0.3) is 16.7 Å². The topological polar surface area (TPSA) is 93.5 Å². The van der Waals surface area contributed by atoms with E-state index in [1.165, 1.54) is 17.9 Å². The molecule has 4 aromatic rings. The highest BCUT2D eigenvalue weighted by molar-refractivity contribution is 6.34. The number of nitrogens with one attached hydrogen (secondary N) is 1. The largest absolute Gasteiger partial charge is 0.506 e. The van der Waals surface area contributed by atoms with Gasteiger partial charge in [0.05, 0.1) is 28.9 Å². The van der Waals surface area contributed by atoms with Crippen molar-refractivity contribution < 1.29 is 14.6 Å². The maximum atomic E-state index is 13.3. The number of rotatable bonds is 4. The third kappa shape index (κ3) is 3.35. The molecule has 4 rings (SSSR count). The van der Waals surface area contributed by atoms with Crippen molar-refractivity contribution in [2.24, 2.45) is 0 Å². The molecule has 2 heterocycles. The SMILES string of the molecule is COc1ccc(-n2c(=O)c(C(=O)Nc3ccccc3Cl)c(O)c3cccnc32)cc1. The van der Waals surface area contributed by atoms with E-state index in [4.69, 9.17) is 16.3 Å². The van der Waals surface area contributed by atoms with Crippen molar-refractivity contribution in [3.05, 3.63) is 87.8 Å². The predicted molar refractivity (Wildman–Crippen MR) is 115 cm³/mol. The zero-order valence-electron chi connectivity index (χ0n) is 15.8. The molecule has 150 valence electrons. The summed E-state index contributed by atoms with van der Waals surface area (Å²) in [6.07, 6.45) is 1.50. The van der Waals surface area contributed by atoms with Gasteiger partial charge in [-0.2, -0.15) is 0 Å². The Labute approximate surface area is 176 Å². The zero-order valence-corrected chi connectivity index (χ0v) is 16.6. The van der Waals surface area contributed by atoms with E-state index in [1.807, 2.05) is 0 Å². The number of methoxy groups -OCH3 is 1. The van der Waals surface area contributed by atoms with Gasteiger partial charge in [-0.05, 0) is 48.5 Å². The third-order valence-electron chi connectivity index (χ3n) is 4.59. The Bertz CT molecular complexity index is 1320. The van der Waals surface area contributed by atoms with Crippen LogP contribution in [0.5, 0.6) is 11.5 Å². The minimum Gasteiger partial charge on any atom is -0.506 e. The molecule has 2 N–H and O–H groups in total. The Kier molecular flexibility index (Phi) is 5.12. The predicted octanol–water partition coefficient (Wildman–Crippen LogP) is 4.01. The second-order valence-corrected chi connectivity index (χ2v) is 6.78. The summed E-state index contributed by atoms with van der Waals surface area (Å²) in [6, 6.07) is 16.5.